The van der Waals surface area contributed by atoms with Crippen LogP contribution < -0.4 is 14.2 Å². The van der Waals surface area contributed by atoms with E-state index in [1.54, 1.807) is 0 Å². The molecule has 1 amide bonds. The number of hydrogen-bond donors (Lipinski definition) is 1. The number of amides is 1. The lowest BCUT2D eigenvalue weighted by Gasteiger charge is -2.06. The largest absolute Gasteiger partial charge is 0.435 e. The minimum atomic E-state index is -2.88. The molecule has 1 aromatic heterocycles. The van der Waals surface area contributed by atoms with Crippen LogP contribution in [0.15, 0.2) is 34.5 Å². The standard InChI is InChI=1S/C13H10BF2NO2S2/c1-7-6-10(20-11(7)14)21-17-12(18)8-2-4-9(5-3-8)19-13(15)16/h2-6,13H,1H3,(H,17,18). The first-order valence-electron chi connectivity index (χ1n) is 5.83. The lowest BCUT2D eigenvalue weighted by Crippen LogP contribution is -2.15. The van der Waals surface area contributed by atoms with Crippen LogP contribution in [-0.2, 0) is 0 Å². The highest BCUT2D eigenvalue weighted by Gasteiger charge is 2.09. The zero-order valence-corrected chi connectivity index (χ0v) is 12.6. The molecule has 2 radical (unpaired) electrons. The molecule has 21 heavy (non-hydrogen) atoms. The maximum Gasteiger partial charge on any atom is 0.387 e. The second-order valence-electron chi connectivity index (χ2n) is 4.05. The molecule has 1 N–H and O–H groups in total. The van der Waals surface area contributed by atoms with Gasteiger partial charge in [0, 0.05) is 5.56 Å². The summed E-state index contributed by atoms with van der Waals surface area (Å²) < 4.78 is 32.5. The quantitative estimate of drug-likeness (QED) is 0.679. The predicted molar refractivity (Wildman–Crippen MR) is 80.8 cm³/mol. The lowest BCUT2D eigenvalue weighted by molar-refractivity contribution is -0.0498. The molecular weight excluding hydrogens is 315 g/mol. The topological polar surface area (TPSA) is 38.3 Å². The maximum atomic E-state index is 12.0. The number of halogens is 2. The Morgan fingerprint density at radius 2 is 2.05 bits per heavy atom. The number of benzene rings is 1. The minimum Gasteiger partial charge on any atom is -0.435 e. The van der Waals surface area contributed by atoms with Crippen LogP contribution in [-0.4, -0.2) is 20.4 Å². The summed E-state index contributed by atoms with van der Waals surface area (Å²) in [7, 11) is 5.73. The summed E-state index contributed by atoms with van der Waals surface area (Å²) in [5.41, 5.74) is 1.32. The third-order valence-corrected chi connectivity index (χ3v) is 4.49. The van der Waals surface area contributed by atoms with Gasteiger partial charge in [-0.05, 0) is 59.5 Å². The number of carbonyl (C=O) groups excluding carboxylic acids is 1. The van der Waals surface area contributed by atoms with Gasteiger partial charge in [0.25, 0.3) is 5.91 Å². The van der Waals surface area contributed by atoms with Crippen LogP contribution in [0.2, 0.25) is 0 Å². The zero-order chi connectivity index (χ0) is 15.4. The molecule has 0 saturated heterocycles. The Labute approximate surface area is 130 Å². The normalized spacial score (nSPS) is 10.7. The smallest absolute Gasteiger partial charge is 0.387 e. The van der Waals surface area contributed by atoms with Crippen LogP contribution in [0, 0.1) is 6.92 Å². The Balaban J connectivity index is 1.93. The second-order valence-corrected chi connectivity index (χ2v) is 6.24. The molecular formula is C13H10BF2NO2S2. The Hall–Kier alpha value is -1.54. The van der Waals surface area contributed by atoms with E-state index in [0.29, 0.717) is 10.3 Å². The SMILES string of the molecule is [B]c1sc(SNC(=O)c2ccc(OC(F)F)cc2)cc1C. The van der Waals surface area contributed by atoms with E-state index in [2.05, 4.69) is 9.46 Å². The van der Waals surface area contributed by atoms with E-state index < -0.39 is 6.61 Å². The van der Waals surface area contributed by atoms with Crippen molar-refractivity contribution >= 4 is 41.8 Å². The Morgan fingerprint density at radius 1 is 1.38 bits per heavy atom. The van der Waals surface area contributed by atoms with Gasteiger partial charge < -0.3 is 4.74 Å². The third-order valence-electron chi connectivity index (χ3n) is 2.52. The molecule has 0 aliphatic heterocycles. The average Bonchev–Trinajstić information content (AvgIpc) is 2.75. The highest BCUT2D eigenvalue weighted by atomic mass is 32.2. The zero-order valence-electron chi connectivity index (χ0n) is 10.9. The molecule has 0 saturated carbocycles. The number of ether oxygens (including phenoxy) is 1. The highest BCUT2D eigenvalue weighted by molar-refractivity contribution is 7.99. The molecule has 0 aliphatic carbocycles. The fourth-order valence-electron chi connectivity index (χ4n) is 1.46. The molecule has 8 heteroatoms. The Bertz CT molecular complexity index is 612. The van der Waals surface area contributed by atoms with Crippen LogP contribution in [0.5, 0.6) is 5.75 Å². The van der Waals surface area contributed by atoms with Gasteiger partial charge in [-0.1, -0.05) is 0 Å². The first kappa shape index (κ1) is 15.8. The van der Waals surface area contributed by atoms with Gasteiger partial charge in [0.05, 0.1) is 4.21 Å². The summed E-state index contributed by atoms with van der Waals surface area (Å²) in [6.45, 7) is -0.993. The molecule has 3 nitrogen and oxygen atoms in total. The van der Waals surface area contributed by atoms with E-state index in [1.807, 2.05) is 13.0 Å². The average molecular weight is 325 g/mol. The molecule has 1 aromatic carbocycles. The van der Waals surface area contributed by atoms with Crippen LogP contribution in [0.3, 0.4) is 0 Å². The monoisotopic (exact) mass is 325 g/mol. The fourth-order valence-corrected chi connectivity index (χ4v) is 3.24. The predicted octanol–water partition coefficient (Wildman–Crippen LogP) is 2.89. The number of nitrogens with one attached hydrogen (secondary N) is 1. The Kier molecular flexibility index (Phi) is 5.25. The van der Waals surface area contributed by atoms with Crippen molar-refractivity contribution in [2.45, 2.75) is 17.7 Å². The third kappa shape index (κ3) is 4.47. The maximum absolute atomic E-state index is 12.0. The molecule has 0 unspecified atom stereocenters. The summed E-state index contributed by atoms with van der Waals surface area (Å²) in [4.78, 5) is 11.9. The van der Waals surface area contributed by atoms with Crippen LogP contribution in [0.25, 0.3) is 0 Å². The van der Waals surface area contributed by atoms with E-state index in [0.717, 1.165) is 21.7 Å². The summed E-state index contributed by atoms with van der Waals surface area (Å²) in [6.07, 6.45) is 0. The molecule has 2 aromatic rings. The summed E-state index contributed by atoms with van der Waals surface area (Å²) in [5, 5.41) is 0. The van der Waals surface area contributed by atoms with Crippen molar-refractivity contribution in [3.05, 3.63) is 41.5 Å². The fraction of sp³-hybridized carbons (Fsp3) is 0.154. The van der Waals surface area contributed by atoms with Gasteiger partial charge in [0.2, 0.25) is 0 Å². The van der Waals surface area contributed by atoms with E-state index in [-0.39, 0.29) is 11.7 Å². The molecule has 108 valence electrons. The number of hydrogen-bond acceptors (Lipinski definition) is 4. The van der Waals surface area contributed by atoms with Gasteiger partial charge in [-0.15, -0.1) is 11.3 Å². The number of carbonyl (C=O) groups is 1. The Morgan fingerprint density at radius 3 is 2.57 bits per heavy atom. The molecule has 0 aliphatic rings. The van der Waals surface area contributed by atoms with Crippen molar-refractivity contribution in [3.63, 3.8) is 0 Å². The van der Waals surface area contributed by atoms with Crippen molar-refractivity contribution in [2.24, 2.45) is 0 Å². The molecule has 2 rings (SSSR count). The van der Waals surface area contributed by atoms with Crippen LogP contribution in [0.1, 0.15) is 15.9 Å². The van der Waals surface area contributed by atoms with Gasteiger partial charge in [0.1, 0.15) is 13.6 Å². The summed E-state index contributed by atoms with van der Waals surface area (Å²) in [5.74, 6) is -0.316. The number of rotatable bonds is 5. The first-order valence-corrected chi connectivity index (χ1v) is 7.47. The first-order chi connectivity index (χ1) is 9.95. The van der Waals surface area contributed by atoms with Crippen LogP contribution in [0.4, 0.5) is 8.78 Å². The van der Waals surface area contributed by atoms with Crippen molar-refractivity contribution in [3.8, 4) is 5.75 Å². The molecule has 0 spiro atoms. The van der Waals surface area contributed by atoms with Gasteiger partial charge in [-0.2, -0.15) is 8.78 Å². The van der Waals surface area contributed by atoms with Gasteiger partial charge >= 0.3 is 6.61 Å². The van der Waals surface area contributed by atoms with E-state index >= 15 is 0 Å². The number of thiophene rings is 1. The molecule has 1 heterocycles. The highest BCUT2D eigenvalue weighted by Crippen LogP contribution is 2.22. The lowest BCUT2D eigenvalue weighted by atomic mass is 10.0. The molecule has 0 bridgehead atoms. The second kappa shape index (κ2) is 6.95. The van der Waals surface area contributed by atoms with Crippen molar-refractivity contribution in [1.82, 2.24) is 4.72 Å². The molecule has 0 fully saturated rings. The summed E-state index contributed by atoms with van der Waals surface area (Å²) >= 11 is 2.54. The van der Waals surface area contributed by atoms with E-state index in [1.165, 1.54) is 35.6 Å². The van der Waals surface area contributed by atoms with Crippen molar-refractivity contribution in [1.29, 1.82) is 0 Å². The van der Waals surface area contributed by atoms with E-state index in [9.17, 15) is 13.6 Å². The van der Waals surface area contributed by atoms with Crippen molar-refractivity contribution < 1.29 is 18.3 Å². The van der Waals surface area contributed by atoms with Crippen LogP contribution >= 0.6 is 23.3 Å². The number of alkyl halides is 2. The van der Waals surface area contributed by atoms with Gasteiger partial charge in [0.15, 0.2) is 0 Å². The van der Waals surface area contributed by atoms with Crippen molar-refractivity contribution in [2.75, 3.05) is 0 Å². The minimum absolute atomic E-state index is 0.0101. The van der Waals surface area contributed by atoms with Gasteiger partial charge in [-0.3, -0.25) is 9.52 Å². The number of aryl methyl sites for hydroxylation is 1. The van der Waals surface area contributed by atoms with E-state index in [4.69, 9.17) is 7.85 Å². The van der Waals surface area contributed by atoms with Gasteiger partial charge in [-0.25, -0.2) is 0 Å². The summed E-state index contributed by atoms with van der Waals surface area (Å²) in [6, 6.07) is 7.35. The molecule has 0 atom stereocenters.